The minimum atomic E-state index is -0.796. The maximum Gasteiger partial charge on any atom is 0.380 e. The molecule has 0 radical (unpaired) electrons. The van der Waals surface area contributed by atoms with Gasteiger partial charge in [-0.2, -0.15) is 0 Å². The molecule has 21 heavy (non-hydrogen) atoms. The summed E-state index contributed by atoms with van der Waals surface area (Å²) in [5.41, 5.74) is 2.11. The average Bonchev–Trinajstić information content (AvgIpc) is 2.96. The van der Waals surface area contributed by atoms with E-state index < -0.39 is 11.8 Å². The normalized spacial score (nSPS) is 10.2. The number of methoxy groups -OCH3 is 1. The second kappa shape index (κ2) is 7.04. The molecule has 0 unspecified atom stereocenters. The Hall–Kier alpha value is -2.14. The molecule has 0 aliphatic rings. The van der Waals surface area contributed by atoms with E-state index >= 15 is 0 Å². The lowest BCUT2D eigenvalue weighted by atomic mass is 10.1. The van der Waals surface area contributed by atoms with Gasteiger partial charge in [0, 0.05) is 0 Å². The molecule has 2 rings (SSSR count). The van der Waals surface area contributed by atoms with Crippen LogP contribution in [0.2, 0.25) is 0 Å². The molecule has 0 aliphatic carbocycles. The van der Waals surface area contributed by atoms with Gasteiger partial charge in [0.15, 0.2) is 0 Å². The smallest absolute Gasteiger partial charge is 0.380 e. The predicted octanol–water partition coefficient (Wildman–Crippen LogP) is 3.09. The molecule has 0 fully saturated rings. The van der Waals surface area contributed by atoms with Gasteiger partial charge < -0.3 is 9.47 Å². The molecule has 0 atom stereocenters. The van der Waals surface area contributed by atoms with Gasteiger partial charge in [-0.3, -0.25) is 4.79 Å². The van der Waals surface area contributed by atoms with Gasteiger partial charge in [-0.1, -0.05) is 12.1 Å². The highest BCUT2D eigenvalue weighted by molar-refractivity contribution is 7.13. The highest BCUT2D eigenvalue weighted by Gasteiger charge is 2.19. The molecule has 110 valence electrons. The van der Waals surface area contributed by atoms with Crippen molar-refractivity contribution in [3.8, 4) is 5.75 Å². The lowest BCUT2D eigenvalue weighted by Gasteiger charge is -2.02. The van der Waals surface area contributed by atoms with Crippen molar-refractivity contribution in [2.24, 2.45) is 0 Å². The molecule has 1 heterocycles. The molecule has 0 saturated heterocycles. The summed E-state index contributed by atoms with van der Waals surface area (Å²) in [7, 11) is 1.63. The van der Waals surface area contributed by atoms with Crippen molar-refractivity contribution in [3.63, 3.8) is 0 Å². The summed E-state index contributed by atoms with van der Waals surface area (Å²) in [6.45, 7) is 1.88. The molecule has 0 saturated carbocycles. The third-order valence-corrected chi connectivity index (χ3v) is 3.88. The van der Waals surface area contributed by atoms with Crippen LogP contribution >= 0.6 is 11.3 Å². The van der Waals surface area contributed by atoms with Crippen molar-refractivity contribution in [1.29, 1.82) is 0 Å². The van der Waals surface area contributed by atoms with Gasteiger partial charge in [0.25, 0.3) is 5.78 Å². The zero-order valence-corrected chi connectivity index (χ0v) is 12.7. The minimum absolute atomic E-state index is 0.203. The highest BCUT2D eigenvalue weighted by atomic mass is 32.1. The fraction of sp³-hybridized carbons (Fsp3) is 0.250. The number of esters is 1. The number of ketones is 1. The number of thiophene rings is 1. The lowest BCUT2D eigenvalue weighted by molar-refractivity contribution is -0.137. The first-order valence-corrected chi connectivity index (χ1v) is 7.43. The van der Waals surface area contributed by atoms with Gasteiger partial charge in [0.2, 0.25) is 0 Å². The third-order valence-electron chi connectivity index (χ3n) is 2.91. The number of benzene rings is 1. The Morgan fingerprint density at radius 2 is 1.86 bits per heavy atom. The second-order valence-corrected chi connectivity index (χ2v) is 5.30. The van der Waals surface area contributed by atoms with Crippen LogP contribution in [-0.2, 0) is 16.0 Å². The molecule has 2 aromatic rings. The number of ether oxygens (including phenoxy) is 2. The first kappa shape index (κ1) is 15.3. The quantitative estimate of drug-likeness (QED) is 0.467. The van der Waals surface area contributed by atoms with E-state index in [-0.39, 0.29) is 6.61 Å². The van der Waals surface area contributed by atoms with Crippen molar-refractivity contribution in [3.05, 3.63) is 51.7 Å². The number of hydrogen-bond donors (Lipinski definition) is 0. The molecular formula is C16H16O4S. The summed E-state index contributed by atoms with van der Waals surface area (Å²) in [6, 6.07) is 9.49. The Bertz CT molecular complexity index is 628. The van der Waals surface area contributed by atoms with Crippen LogP contribution in [0.1, 0.15) is 27.7 Å². The third kappa shape index (κ3) is 3.92. The summed E-state index contributed by atoms with van der Waals surface area (Å²) < 4.78 is 9.83. The molecular weight excluding hydrogens is 288 g/mol. The molecule has 4 nitrogen and oxygen atoms in total. The van der Waals surface area contributed by atoms with Crippen LogP contribution in [0.15, 0.2) is 35.7 Å². The van der Waals surface area contributed by atoms with Crippen LogP contribution in [0, 0.1) is 0 Å². The van der Waals surface area contributed by atoms with Crippen molar-refractivity contribution >= 4 is 23.1 Å². The monoisotopic (exact) mass is 304 g/mol. The SMILES string of the molecule is CCOC(=O)C(=O)c1cc(Cc2ccc(OC)cc2)cs1. The Kier molecular flexibility index (Phi) is 5.11. The summed E-state index contributed by atoms with van der Waals surface area (Å²) in [4.78, 5) is 23.6. The second-order valence-electron chi connectivity index (χ2n) is 4.39. The van der Waals surface area contributed by atoms with Crippen LogP contribution in [-0.4, -0.2) is 25.5 Å². The molecule has 1 aromatic carbocycles. The van der Waals surface area contributed by atoms with Crippen LogP contribution in [0.5, 0.6) is 5.75 Å². The molecule has 0 aliphatic heterocycles. The zero-order valence-electron chi connectivity index (χ0n) is 11.9. The Labute approximate surface area is 127 Å². The first-order chi connectivity index (χ1) is 10.1. The van der Waals surface area contributed by atoms with E-state index in [1.165, 1.54) is 11.3 Å². The van der Waals surface area contributed by atoms with E-state index in [2.05, 4.69) is 0 Å². The van der Waals surface area contributed by atoms with Crippen LogP contribution < -0.4 is 4.74 Å². The van der Waals surface area contributed by atoms with Crippen LogP contribution in [0.3, 0.4) is 0 Å². The number of carbonyl (C=O) groups excluding carboxylic acids is 2. The van der Waals surface area contributed by atoms with E-state index in [0.29, 0.717) is 11.3 Å². The van der Waals surface area contributed by atoms with Crippen molar-refractivity contribution in [2.45, 2.75) is 13.3 Å². The van der Waals surface area contributed by atoms with Crippen LogP contribution in [0.25, 0.3) is 0 Å². The van der Waals surface area contributed by atoms with E-state index in [9.17, 15) is 9.59 Å². The van der Waals surface area contributed by atoms with Gasteiger partial charge in [0.05, 0.1) is 18.6 Å². The Balaban J connectivity index is 2.05. The van der Waals surface area contributed by atoms with Crippen molar-refractivity contribution < 1.29 is 19.1 Å². The van der Waals surface area contributed by atoms with Crippen molar-refractivity contribution in [1.82, 2.24) is 0 Å². The summed E-state index contributed by atoms with van der Waals surface area (Å²) in [5, 5.41) is 1.89. The lowest BCUT2D eigenvalue weighted by Crippen LogP contribution is -2.16. The van der Waals surface area contributed by atoms with Crippen LogP contribution in [0.4, 0.5) is 0 Å². The molecule has 5 heteroatoms. The topological polar surface area (TPSA) is 52.6 Å². The summed E-state index contributed by atoms with van der Waals surface area (Å²) in [6.07, 6.45) is 0.705. The Morgan fingerprint density at radius 1 is 1.14 bits per heavy atom. The van der Waals surface area contributed by atoms with Gasteiger partial charge in [-0.05, 0) is 48.1 Å². The predicted molar refractivity (Wildman–Crippen MR) is 81.1 cm³/mol. The molecule has 1 aromatic heterocycles. The first-order valence-electron chi connectivity index (χ1n) is 6.55. The van der Waals surface area contributed by atoms with Gasteiger partial charge >= 0.3 is 5.97 Å². The van der Waals surface area contributed by atoms with E-state index in [1.807, 2.05) is 29.6 Å². The minimum Gasteiger partial charge on any atom is -0.497 e. The maximum absolute atomic E-state index is 11.8. The van der Waals surface area contributed by atoms with Gasteiger partial charge in [-0.25, -0.2) is 4.79 Å². The van der Waals surface area contributed by atoms with E-state index in [4.69, 9.17) is 9.47 Å². The molecule has 0 N–H and O–H groups in total. The molecule has 0 bridgehead atoms. The molecule has 0 amide bonds. The number of Topliss-reactive ketones (excluding diaryl/α,β-unsaturated/α-hetero) is 1. The number of hydrogen-bond acceptors (Lipinski definition) is 5. The number of rotatable bonds is 6. The number of carbonyl (C=O) groups is 2. The zero-order chi connectivity index (χ0) is 15.2. The average molecular weight is 304 g/mol. The van der Waals surface area contributed by atoms with Gasteiger partial charge in [-0.15, -0.1) is 11.3 Å². The fourth-order valence-electron chi connectivity index (χ4n) is 1.86. The maximum atomic E-state index is 11.8. The molecule has 0 spiro atoms. The standard InChI is InChI=1S/C16H16O4S/c1-3-20-16(18)15(17)14-9-12(10-21-14)8-11-4-6-13(19-2)7-5-11/h4-7,9-10H,3,8H2,1-2H3. The fourth-order valence-corrected chi connectivity index (χ4v) is 2.70. The van der Waals surface area contributed by atoms with E-state index in [1.54, 1.807) is 20.1 Å². The largest absolute Gasteiger partial charge is 0.497 e. The Morgan fingerprint density at radius 3 is 2.48 bits per heavy atom. The summed E-state index contributed by atoms with van der Waals surface area (Å²) in [5.74, 6) is -0.569. The highest BCUT2D eigenvalue weighted by Crippen LogP contribution is 2.20. The van der Waals surface area contributed by atoms with Gasteiger partial charge in [0.1, 0.15) is 5.75 Å². The summed E-state index contributed by atoms with van der Waals surface area (Å²) >= 11 is 1.26. The van der Waals surface area contributed by atoms with Crippen molar-refractivity contribution in [2.75, 3.05) is 13.7 Å². The van der Waals surface area contributed by atoms with E-state index in [0.717, 1.165) is 16.9 Å².